The molecule has 0 radical (unpaired) electrons. The predicted molar refractivity (Wildman–Crippen MR) is 111 cm³/mol. The average Bonchev–Trinajstić information content (AvgIpc) is 3.11. The highest BCUT2D eigenvalue weighted by atomic mass is 79.9. The topological polar surface area (TPSA) is 24.5 Å². The maximum absolute atomic E-state index is 5.83. The fourth-order valence-electron chi connectivity index (χ4n) is 2.98. The lowest BCUT2D eigenvalue weighted by atomic mass is 10.1. The van der Waals surface area contributed by atoms with E-state index in [0.29, 0.717) is 0 Å². The minimum Gasteiger partial charge on any atom is -0.376 e. The van der Waals surface area contributed by atoms with Crippen LogP contribution in [0.2, 0.25) is 0 Å². The first kappa shape index (κ1) is 18.4. The summed E-state index contributed by atoms with van der Waals surface area (Å²) >= 11 is 9.18. The Morgan fingerprint density at radius 2 is 2.00 bits per heavy atom. The van der Waals surface area contributed by atoms with E-state index in [1.165, 1.54) is 11.1 Å². The summed E-state index contributed by atoms with van der Waals surface area (Å²) in [6, 6.07) is 16.5. The second-order valence-electron chi connectivity index (χ2n) is 6.38. The van der Waals surface area contributed by atoms with Crippen molar-refractivity contribution >= 4 is 38.9 Å². The van der Waals surface area contributed by atoms with E-state index in [0.717, 1.165) is 47.8 Å². The number of nitrogens with zero attached hydrogens (tertiary/aromatic N) is 1. The van der Waals surface area contributed by atoms with Gasteiger partial charge in [-0.1, -0.05) is 40.2 Å². The molecule has 5 heteroatoms. The van der Waals surface area contributed by atoms with Crippen molar-refractivity contribution in [1.82, 2.24) is 4.90 Å². The maximum atomic E-state index is 5.83. The fourth-order valence-corrected chi connectivity index (χ4v) is 3.50. The van der Waals surface area contributed by atoms with Crippen molar-refractivity contribution in [1.29, 1.82) is 0 Å². The monoisotopic (exact) mass is 418 g/mol. The number of rotatable bonds is 5. The minimum atomic E-state index is 0.258. The molecule has 1 fully saturated rings. The Hall–Kier alpha value is -1.43. The normalized spacial score (nSPS) is 16.6. The van der Waals surface area contributed by atoms with Gasteiger partial charge in [0, 0.05) is 29.9 Å². The summed E-state index contributed by atoms with van der Waals surface area (Å²) in [4.78, 5) is 2.22. The van der Waals surface area contributed by atoms with E-state index in [9.17, 15) is 0 Å². The lowest BCUT2D eigenvalue weighted by molar-refractivity contribution is 0.0905. The van der Waals surface area contributed by atoms with E-state index in [4.69, 9.17) is 17.0 Å². The van der Waals surface area contributed by atoms with Crippen LogP contribution >= 0.6 is 28.1 Å². The van der Waals surface area contributed by atoms with Crippen LogP contribution in [0.3, 0.4) is 0 Å². The molecule has 2 aromatic rings. The van der Waals surface area contributed by atoms with Gasteiger partial charge in [-0.15, -0.1) is 0 Å². The SMILES string of the molecule is Cc1ccccc1CN(CC1CCCO1)C(=S)Nc1ccc(Br)cc1. The summed E-state index contributed by atoms with van der Waals surface area (Å²) in [5.41, 5.74) is 3.57. The van der Waals surface area contributed by atoms with Gasteiger partial charge in [-0.2, -0.15) is 0 Å². The Bertz CT molecular complexity index is 714. The van der Waals surface area contributed by atoms with Gasteiger partial charge in [-0.3, -0.25) is 0 Å². The van der Waals surface area contributed by atoms with Crippen molar-refractivity contribution in [2.45, 2.75) is 32.4 Å². The molecule has 0 amide bonds. The van der Waals surface area contributed by atoms with Gasteiger partial charge in [0.05, 0.1) is 6.10 Å². The first-order valence-corrected chi connectivity index (χ1v) is 9.79. The Kier molecular flexibility index (Phi) is 6.45. The molecule has 0 spiro atoms. The third kappa shape index (κ3) is 5.27. The highest BCUT2D eigenvalue weighted by Crippen LogP contribution is 2.19. The van der Waals surface area contributed by atoms with Crippen molar-refractivity contribution in [2.24, 2.45) is 0 Å². The summed E-state index contributed by atoms with van der Waals surface area (Å²) in [5, 5.41) is 4.10. The molecule has 1 unspecified atom stereocenters. The molecule has 2 aromatic carbocycles. The van der Waals surface area contributed by atoms with Gasteiger partial charge < -0.3 is 15.0 Å². The molecule has 0 saturated carbocycles. The van der Waals surface area contributed by atoms with Gasteiger partial charge >= 0.3 is 0 Å². The summed E-state index contributed by atoms with van der Waals surface area (Å²) in [7, 11) is 0. The van der Waals surface area contributed by atoms with Gasteiger partial charge in [0.15, 0.2) is 5.11 Å². The minimum absolute atomic E-state index is 0.258. The molecular formula is C20H23BrN2OS. The Labute approximate surface area is 163 Å². The first-order chi connectivity index (χ1) is 12.1. The number of halogens is 1. The van der Waals surface area contributed by atoms with E-state index in [1.807, 2.05) is 24.3 Å². The Morgan fingerprint density at radius 1 is 1.24 bits per heavy atom. The number of aryl methyl sites for hydroxylation is 1. The standard InChI is InChI=1S/C20H23BrN2OS/c1-15-5-2-3-6-16(15)13-23(14-19-7-4-12-24-19)20(25)22-18-10-8-17(21)9-11-18/h2-3,5-6,8-11,19H,4,7,12-14H2,1H3,(H,22,25). The van der Waals surface area contributed by atoms with E-state index in [1.54, 1.807) is 0 Å². The molecule has 3 rings (SSSR count). The molecule has 1 atom stereocenters. The van der Waals surface area contributed by atoms with Crippen molar-refractivity contribution in [3.63, 3.8) is 0 Å². The zero-order valence-electron chi connectivity index (χ0n) is 14.4. The number of nitrogens with one attached hydrogen (secondary N) is 1. The zero-order valence-corrected chi connectivity index (χ0v) is 16.8. The van der Waals surface area contributed by atoms with Crippen LogP contribution in [0, 0.1) is 6.92 Å². The van der Waals surface area contributed by atoms with Crippen LogP contribution in [-0.2, 0) is 11.3 Å². The van der Waals surface area contributed by atoms with Crippen LogP contribution < -0.4 is 5.32 Å². The molecule has 1 saturated heterocycles. The lowest BCUT2D eigenvalue weighted by Crippen LogP contribution is -2.39. The van der Waals surface area contributed by atoms with E-state index in [2.05, 4.69) is 57.3 Å². The number of benzene rings is 2. The summed E-state index contributed by atoms with van der Waals surface area (Å²) in [5.74, 6) is 0. The molecule has 1 heterocycles. The van der Waals surface area contributed by atoms with Crippen molar-refractivity contribution in [3.05, 3.63) is 64.1 Å². The summed E-state index contributed by atoms with van der Waals surface area (Å²) < 4.78 is 6.89. The first-order valence-electron chi connectivity index (χ1n) is 8.59. The summed E-state index contributed by atoms with van der Waals surface area (Å²) in [6.07, 6.45) is 2.50. The molecular weight excluding hydrogens is 396 g/mol. The molecule has 1 aliphatic rings. The molecule has 25 heavy (non-hydrogen) atoms. The van der Waals surface area contributed by atoms with Crippen molar-refractivity contribution < 1.29 is 4.74 Å². The molecule has 3 nitrogen and oxygen atoms in total. The Morgan fingerprint density at radius 3 is 2.68 bits per heavy atom. The van der Waals surface area contributed by atoms with Gasteiger partial charge in [-0.05, 0) is 67.4 Å². The number of ether oxygens (including phenoxy) is 1. The third-order valence-corrected chi connectivity index (χ3v) is 5.34. The van der Waals surface area contributed by atoms with Crippen LogP contribution in [0.25, 0.3) is 0 Å². The highest BCUT2D eigenvalue weighted by Gasteiger charge is 2.21. The van der Waals surface area contributed by atoms with Crippen LogP contribution in [-0.4, -0.2) is 29.3 Å². The lowest BCUT2D eigenvalue weighted by Gasteiger charge is -2.29. The van der Waals surface area contributed by atoms with Crippen LogP contribution in [0.5, 0.6) is 0 Å². The molecule has 0 aromatic heterocycles. The second kappa shape index (κ2) is 8.79. The van der Waals surface area contributed by atoms with Crippen LogP contribution in [0.4, 0.5) is 5.69 Å². The molecule has 0 aliphatic carbocycles. The van der Waals surface area contributed by atoms with Crippen molar-refractivity contribution in [3.8, 4) is 0 Å². The van der Waals surface area contributed by atoms with Crippen molar-refractivity contribution in [2.75, 3.05) is 18.5 Å². The fraction of sp³-hybridized carbons (Fsp3) is 0.350. The second-order valence-corrected chi connectivity index (χ2v) is 7.68. The summed E-state index contributed by atoms with van der Waals surface area (Å²) in [6.45, 7) is 4.60. The average molecular weight is 419 g/mol. The smallest absolute Gasteiger partial charge is 0.173 e. The predicted octanol–water partition coefficient (Wildman–Crippen LogP) is 5.14. The quantitative estimate of drug-likeness (QED) is 0.679. The van der Waals surface area contributed by atoms with Gasteiger partial charge in [0.1, 0.15) is 0 Å². The molecule has 0 bridgehead atoms. The Balaban J connectivity index is 1.73. The molecule has 1 aliphatic heterocycles. The number of hydrogen-bond acceptors (Lipinski definition) is 2. The van der Waals surface area contributed by atoms with Gasteiger partial charge in [-0.25, -0.2) is 0 Å². The molecule has 132 valence electrons. The van der Waals surface area contributed by atoms with E-state index >= 15 is 0 Å². The van der Waals surface area contributed by atoms with E-state index in [-0.39, 0.29) is 6.10 Å². The van der Waals surface area contributed by atoms with Gasteiger partial charge in [0.25, 0.3) is 0 Å². The van der Waals surface area contributed by atoms with Crippen LogP contribution in [0.1, 0.15) is 24.0 Å². The number of anilines is 1. The number of hydrogen-bond donors (Lipinski definition) is 1. The zero-order chi connectivity index (χ0) is 17.6. The van der Waals surface area contributed by atoms with E-state index < -0.39 is 0 Å². The third-order valence-electron chi connectivity index (χ3n) is 4.45. The maximum Gasteiger partial charge on any atom is 0.173 e. The number of thiocarbonyl (C=S) groups is 1. The highest BCUT2D eigenvalue weighted by molar-refractivity contribution is 9.10. The largest absolute Gasteiger partial charge is 0.376 e. The van der Waals surface area contributed by atoms with Gasteiger partial charge in [0.2, 0.25) is 0 Å². The van der Waals surface area contributed by atoms with Crippen LogP contribution in [0.15, 0.2) is 53.0 Å². The molecule has 1 N–H and O–H groups in total.